The van der Waals surface area contributed by atoms with E-state index in [1.807, 2.05) is 0 Å². The van der Waals surface area contributed by atoms with Gasteiger partial charge < -0.3 is 5.73 Å². The van der Waals surface area contributed by atoms with Crippen molar-refractivity contribution in [3.05, 3.63) is 0 Å². The molecule has 0 aromatic carbocycles. The molecular formula is C16H27NO. The summed E-state index contributed by atoms with van der Waals surface area (Å²) in [5.74, 6) is 6.45. The Kier molecular flexibility index (Phi) is 5.41. The lowest BCUT2D eigenvalue weighted by Crippen LogP contribution is -2.38. The molecule has 1 saturated carbocycles. The van der Waals surface area contributed by atoms with E-state index in [0.717, 1.165) is 25.7 Å². The van der Waals surface area contributed by atoms with Crippen LogP contribution in [0.15, 0.2) is 0 Å². The molecular weight excluding hydrogens is 222 g/mol. The van der Waals surface area contributed by atoms with E-state index in [4.69, 9.17) is 5.73 Å². The van der Waals surface area contributed by atoms with Crippen molar-refractivity contribution in [1.29, 1.82) is 0 Å². The summed E-state index contributed by atoms with van der Waals surface area (Å²) < 4.78 is 0. The highest BCUT2D eigenvalue weighted by Gasteiger charge is 2.36. The van der Waals surface area contributed by atoms with Crippen molar-refractivity contribution in [2.75, 3.05) is 6.54 Å². The molecule has 0 atom stereocenters. The summed E-state index contributed by atoms with van der Waals surface area (Å²) in [6, 6.07) is 0. The molecule has 0 spiro atoms. The van der Waals surface area contributed by atoms with Crippen LogP contribution in [0, 0.1) is 22.7 Å². The van der Waals surface area contributed by atoms with E-state index in [2.05, 4.69) is 32.6 Å². The minimum absolute atomic E-state index is 0.0282. The van der Waals surface area contributed by atoms with E-state index in [0.29, 0.717) is 13.0 Å². The molecule has 0 aromatic rings. The maximum atomic E-state index is 12.4. The van der Waals surface area contributed by atoms with Crippen LogP contribution >= 0.6 is 0 Å². The van der Waals surface area contributed by atoms with E-state index < -0.39 is 0 Å². The van der Waals surface area contributed by atoms with Gasteiger partial charge in [-0.15, -0.1) is 0 Å². The zero-order valence-electron chi connectivity index (χ0n) is 12.1. The standard InChI is InChI=1S/C16H27NO/c1-15(2,3)10-8-9-14(18)16(13-17)11-6-4-5-7-12-16/h4-7,9,11-13,17H2,1-3H3. The number of hydrogen-bond acceptors (Lipinski definition) is 2. The summed E-state index contributed by atoms with van der Waals surface area (Å²) in [5.41, 5.74) is 5.59. The van der Waals surface area contributed by atoms with E-state index in [9.17, 15) is 4.79 Å². The Bertz CT molecular complexity index is 332. The van der Waals surface area contributed by atoms with Crippen molar-refractivity contribution in [3.8, 4) is 11.8 Å². The molecule has 1 fully saturated rings. The van der Waals surface area contributed by atoms with Gasteiger partial charge in [0.2, 0.25) is 0 Å². The van der Waals surface area contributed by atoms with Gasteiger partial charge in [0.05, 0.1) is 6.42 Å². The van der Waals surface area contributed by atoms with Crippen molar-refractivity contribution < 1.29 is 4.79 Å². The first-order valence-corrected chi connectivity index (χ1v) is 7.13. The van der Waals surface area contributed by atoms with Crippen LogP contribution in [0.2, 0.25) is 0 Å². The lowest BCUT2D eigenvalue weighted by molar-refractivity contribution is -0.128. The Morgan fingerprint density at radius 2 is 1.72 bits per heavy atom. The third kappa shape index (κ3) is 4.46. The fourth-order valence-electron chi connectivity index (χ4n) is 2.58. The van der Waals surface area contributed by atoms with Gasteiger partial charge in [0.1, 0.15) is 0 Å². The van der Waals surface area contributed by atoms with Gasteiger partial charge in [-0.3, -0.25) is 4.79 Å². The Labute approximate surface area is 112 Å². The van der Waals surface area contributed by atoms with Gasteiger partial charge in [-0.25, -0.2) is 0 Å². The molecule has 0 heterocycles. The number of Topliss-reactive ketones (excluding diaryl/α,β-unsaturated/α-hetero) is 1. The molecule has 18 heavy (non-hydrogen) atoms. The van der Waals surface area contributed by atoms with Crippen molar-refractivity contribution >= 4 is 5.78 Å². The number of carbonyl (C=O) groups excluding carboxylic acids is 1. The fraction of sp³-hybridized carbons (Fsp3) is 0.812. The van der Waals surface area contributed by atoms with Gasteiger partial charge >= 0.3 is 0 Å². The lowest BCUT2D eigenvalue weighted by atomic mass is 9.75. The number of ketones is 1. The number of hydrogen-bond donors (Lipinski definition) is 1. The molecule has 0 saturated heterocycles. The zero-order valence-corrected chi connectivity index (χ0v) is 12.1. The highest BCUT2D eigenvalue weighted by Crippen LogP contribution is 2.35. The lowest BCUT2D eigenvalue weighted by Gasteiger charge is -2.29. The van der Waals surface area contributed by atoms with Crippen LogP contribution in [-0.2, 0) is 4.79 Å². The van der Waals surface area contributed by atoms with Gasteiger partial charge in [-0.05, 0) is 33.6 Å². The second-order valence-corrected chi connectivity index (χ2v) is 6.55. The second-order valence-electron chi connectivity index (χ2n) is 6.55. The molecule has 1 rings (SSSR count). The normalized spacial score (nSPS) is 19.6. The first-order chi connectivity index (χ1) is 8.40. The summed E-state index contributed by atoms with van der Waals surface area (Å²) >= 11 is 0. The quantitative estimate of drug-likeness (QED) is 0.616. The molecule has 2 N–H and O–H groups in total. The summed E-state index contributed by atoms with van der Waals surface area (Å²) in [6.45, 7) is 6.68. The van der Waals surface area contributed by atoms with Crippen molar-refractivity contribution in [2.24, 2.45) is 16.6 Å². The van der Waals surface area contributed by atoms with E-state index in [1.54, 1.807) is 0 Å². The number of rotatable bonds is 3. The largest absolute Gasteiger partial charge is 0.329 e. The van der Waals surface area contributed by atoms with Gasteiger partial charge in [-0.2, -0.15) is 0 Å². The molecule has 102 valence electrons. The summed E-state index contributed by atoms with van der Waals surface area (Å²) in [4.78, 5) is 12.4. The maximum Gasteiger partial charge on any atom is 0.152 e. The van der Waals surface area contributed by atoms with Crippen LogP contribution in [-0.4, -0.2) is 12.3 Å². The smallest absolute Gasteiger partial charge is 0.152 e. The molecule has 1 aliphatic rings. The summed E-state index contributed by atoms with van der Waals surface area (Å²) in [5, 5.41) is 0. The molecule has 2 heteroatoms. The molecule has 0 bridgehead atoms. The Hall–Kier alpha value is -0.810. The SMILES string of the molecule is CC(C)(C)C#CCC(=O)C1(CN)CCCCCC1. The third-order valence-electron chi connectivity index (χ3n) is 3.76. The van der Waals surface area contributed by atoms with Gasteiger partial charge in [0.25, 0.3) is 0 Å². The van der Waals surface area contributed by atoms with Crippen molar-refractivity contribution in [1.82, 2.24) is 0 Å². The minimum Gasteiger partial charge on any atom is -0.329 e. The van der Waals surface area contributed by atoms with Crippen LogP contribution < -0.4 is 5.73 Å². The zero-order chi connectivity index (χ0) is 13.6. The molecule has 0 aliphatic heterocycles. The van der Waals surface area contributed by atoms with Crippen LogP contribution in [0.4, 0.5) is 0 Å². The minimum atomic E-state index is -0.275. The van der Waals surface area contributed by atoms with Crippen LogP contribution in [0.5, 0.6) is 0 Å². The van der Waals surface area contributed by atoms with Gasteiger partial charge in [0.15, 0.2) is 5.78 Å². The van der Waals surface area contributed by atoms with Crippen molar-refractivity contribution in [2.45, 2.75) is 65.7 Å². The molecule has 0 unspecified atom stereocenters. The molecule has 0 amide bonds. The Morgan fingerprint density at radius 3 is 2.17 bits per heavy atom. The topological polar surface area (TPSA) is 43.1 Å². The highest BCUT2D eigenvalue weighted by atomic mass is 16.1. The van der Waals surface area contributed by atoms with Gasteiger partial charge in [0, 0.05) is 17.4 Å². The first-order valence-electron chi connectivity index (χ1n) is 7.13. The molecule has 1 aliphatic carbocycles. The van der Waals surface area contributed by atoms with Crippen LogP contribution in [0.3, 0.4) is 0 Å². The number of carbonyl (C=O) groups is 1. The Balaban J connectivity index is 2.68. The predicted octanol–water partition coefficient (Wildman–Crippen LogP) is 3.29. The van der Waals surface area contributed by atoms with Crippen LogP contribution in [0.25, 0.3) is 0 Å². The molecule has 0 aromatic heterocycles. The maximum absolute atomic E-state index is 12.4. The average molecular weight is 249 g/mol. The predicted molar refractivity (Wildman–Crippen MR) is 76.0 cm³/mol. The van der Waals surface area contributed by atoms with Crippen molar-refractivity contribution in [3.63, 3.8) is 0 Å². The Morgan fingerprint density at radius 1 is 1.17 bits per heavy atom. The second kappa shape index (κ2) is 6.38. The molecule has 0 radical (unpaired) electrons. The fourth-order valence-corrected chi connectivity index (χ4v) is 2.58. The third-order valence-corrected chi connectivity index (χ3v) is 3.76. The van der Waals surface area contributed by atoms with E-state index in [1.165, 1.54) is 12.8 Å². The average Bonchev–Trinajstić information content (AvgIpc) is 2.53. The summed E-state index contributed by atoms with van der Waals surface area (Å²) in [6.07, 6.45) is 7.03. The molecule has 2 nitrogen and oxygen atoms in total. The van der Waals surface area contributed by atoms with Gasteiger partial charge in [-0.1, -0.05) is 37.5 Å². The summed E-state index contributed by atoms with van der Waals surface area (Å²) in [7, 11) is 0. The first kappa shape index (κ1) is 15.2. The number of nitrogens with two attached hydrogens (primary N) is 1. The monoisotopic (exact) mass is 249 g/mol. The van der Waals surface area contributed by atoms with Crippen LogP contribution in [0.1, 0.15) is 65.7 Å². The highest BCUT2D eigenvalue weighted by molar-refractivity contribution is 5.87. The van der Waals surface area contributed by atoms with E-state index >= 15 is 0 Å². The van der Waals surface area contributed by atoms with E-state index in [-0.39, 0.29) is 16.6 Å².